The van der Waals surface area contributed by atoms with Crippen LogP contribution >= 0.6 is 11.6 Å². The number of piperazine rings is 1. The number of pyridine rings is 1. The normalized spacial score (nSPS) is 17.8. The van der Waals surface area contributed by atoms with Crippen LogP contribution in [0, 0.1) is 0 Å². The Balaban J connectivity index is 2.07. The molecular formula is C12H19ClN4. The van der Waals surface area contributed by atoms with Crippen LogP contribution in [0.3, 0.4) is 0 Å². The number of anilines is 2. The van der Waals surface area contributed by atoms with Gasteiger partial charge in [-0.25, -0.2) is 4.98 Å². The standard InChI is InChI=1S/C12H19ClN4/c1-9(2)16-5-7-17(8-6-16)12-10(14)3-4-11(13)15-12/h3-4,9H,5-8,14H2,1-2H3. The van der Waals surface area contributed by atoms with Crippen LogP contribution in [0.1, 0.15) is 13.8 Å². The minimum Gasteiger partial charge on any atom is -0.396 e. The summed E-state index contributed by atoms with van der Waals surface area (Å²) in [5.41, 5.74) is 6.64. The largest absolute Gasteiger partial charge is 0.396 e. The number of rotatable bonds is 2. The van der Waals surface area contributed by atoms with Crippen molar-refractivity contribution in [3.8, 4) is 0 Å². The molecule has 0 aliphatic carbocycles. The molecule has 2 rings (SSSR count). The van der Waals surface area contributed by atoms with E-state index in [4.69, 9.17) is 17.3 Å². The Bertz CT molecular complexity index is 386. The van der Waals surface area contributed by atoms with Crippen molar-refractivity contribution >= 4 is 23.1 Å². The average Bonchev–Trinajstić information content (AvgIpc) is 2.32. The lowest BCUT2D eigenvalue weighted by Crippen LogP contribution is -2.49. The van der Waals surface area contributed by atoms with Crippen molar-refractivity contribution in [3.63, 3.8) is 0 Å². The van der Waals surface area contributed by atoms with Gasteiger partial charge in [0, 0.05) is 32.2 Å². The van der Waals surface area contributed by atoms with E-state index in [1.54, 1.807) is 6.07 Å². The molecular weight excluding hydrogens is 236 g/mol. The molecule has 0 spiro atoms. The van der Waals surface area contributed by atoms with Gasteiger partial charge < -0.3 is 10.6 Å². The summed E-state index contributed by atoms with van der Waals surface area (Å²) in [4.78, 5) is 8.98. The van der Waals surface area contributed by atoms with E-state index < -0.39 is 0 Å². The van der Waals surface area contributed by atoms with Crippen molar-refractivity contribution < 1.29 is 0 Å². The van der Waals surface area contributed by atoms with E-state index in [0.29, 0.717) is 16.9 Å². The lowest BCUT2D eigenvalue weighted by Gasteiger charge is -2.37. The smallest absolute Gasteiger partial charge is 0.153 e. The third kappa shape index (κ3) is 2.82. The van der Waals surface area contributed by atoms with Crippen molar-refractivity contribution in [1.82, 2.24) is 9.88 Å². The van der Waals surface area contributed by atoms with Gasteiger partial charge in [0.15, 0.2) is 5.82 Å². The molecule has 1 aromatic heterocycles. The van der Waals surface area contributed by atoms with Gasteiger partial charge in [-0.15, -0.1) is 0 Å². The van der Waals surface area contributed by atoms with Gasteiger partial charge >= 0.3 is 0 Å². The molecule has 94 valence electrons. The van der Waals surface area contributed by atoms with Crippen LogP contribution < -0.4 is 10.6 Å². The summed E-state index contributed by atoms with van der Waals surface area (Å²) in [5.74, 6) is 0.820. The second-order valence-corrected chi connectivity index (χ2v) is 5.05. The molecule has 0 amide bonds. The van der Waals surface area contributed by atoms with E-state index in [9.17, 15) is 0 Å². The zero-order valence-electron chi connectivity index (χ0n) is 10.4. The van der Waals surface area contributed by atoms with Gasteiger partial charge in [0.2, 0.25) is 0 Å². The van der Waals surface area contributed by atoms with Crippen LogP contribution in [0.2, 0.25) is 5.15 Å². The summed E-state index contributed by atoms with van der Waals surface area (Å²) in [7, 11) is 0. The first-order chi connectivity index (χ1) is 8.08. The van der Waals surface area contributed by atoms with Crippen LogP contribution in [0.5, 0.6) is 0 Å². The van der Waals surface area contributed by atoms with E-state index >= 15 is 0 Å². The first-order valence-electron chi connectivity index (χ1n) is 5.99. The summed E-state index contributed by atoms with van der Waals surface area (Å²) < 4.78 is 0. The Morgan fingerprint density at radius 2 is 1.88 bits per heavy atom. The van der Waals surface area contributed by atoms with Crippen LogP contribution in [0.25, 0.3) is 0 Å². The highest BCUT2D eigenvalue weighted by atomic mass is 35.5. The van der Waals surface area contributed by atoms with Crippen molar-refractivity contribution in [2.24, 2.45) is 0 Å². The zero-order valence-corrected chi connectivity index (χ0v) is 11.1. The monoisotopic (exact) mass is 254 g/mol. The maximum atomic E-state index is 5.94. The molecule has 0 saturated carbocycles. The molecule has 1 fully saturated rings. The molecule has 1 aromatic rings. The summed E-state index contributed by atoms with van der Waals surface area (Å²) in [6.45, 7) is 8.45. The zero-order chi connectivity index (χ0) is 12.4. The molecule has 0 unspecified atom stereocenters. The second kappa shape index (κ2) is 5.10. The van der Waals surface area contributed by atoms with Gasteiger partial charge in [-0.2, -0.15) is 0 Å². The van der Waals surface area contributed by atoms with Gasteiger partial charge in [-0.1, -0.05) is 11.6 Å². The Morgan fingerprint density at radius 3 is 2.47 bits per heavy atom. The van der Waals surface area contributed by atoms with Gasteiger partial charge in [-0.05, 0) is 26.0 Å². The van der Waals surface area contributed by atoms with E-state index in [1.807, 2.05) is 6.07 Å². The molecule has 1 aliphatic rings. The molecule has 0 bridgehead atoms. The maximum Gasteiger partial charge on any atom is 0.153 e. The molecule has 4 nitrogen and oxygen atoms in total. The average molecular weight is 255 g/mol. The van der Waals surface area contributed by atoms with E-state index in [2.05, 4.69) is 28.6 Å². The molecule has 17 heavy (non-hydrogen) atoms. The Hall–Kier alpha value is -1.00. The van der Waals surface area contributed by atoms with Gasteiger partial charge in [0.25, 0.3) is 0 Å². The van der Waals surface area contributed by atoms with Crippen LogP contribution in [0.4, 0.5) is 11.5 Å². The van der Waals surface area contributed by atoms with Gasteiger partial charge in [0.1, 0.15) is 5.15 Å². The second-order valence-electron chi connectivity index (χ2n) is 4.66. The minimum absolute atomic E-state index is 0.500. The molecule has 2 heterocycles. The lowest BCUT2D eigenvalue weighted by molar-refractivity contribution is 0.209. The van der Waals surface area contributed by atoms with Crippen molar-refractivity contribution in [2.45, 2.75) is 19.9 Å². The Morgan fingerprint density at radius 1 is 1.24 bits per heavy atom. The highest BCUT2D eigenvalue weighted by Gasteiger charge is 2.21. The number of nitrogen functional groups attached to an aromatic ring is 1. The third-order valence-electron chi connectivity index (χ3n) is 3.22. The first-order valence-corrected chi connectivity index (χ1v) is 6.36. The number of aromatic nitrogens is 1. The highest BCUT2D eigenvalue weighted by molar-refractivity contribution is 6.29. The molecule has 5 heteroatoms. The number of halogens is 1. The van der Waals surface area contributed by atoms with E-state index in [-0.39, 0.29) is 0 Å². The minimum atomic E-state index is 0.500. The molecule has 0 atom stereocenters. The summed E-state index contributed by atoms with van der Waals surface area (Å²) >= 11 is 5.91. The predicted octanol–water partition coefficient (Wildman–Crippen LogP) is 1.85. The number of hydrogen-bond donors (Lipinski definition) is 1. The number of nitrogens with zero attached hydrogens (tertiary/aromatic N) is 3. The molecule has 1 aliphatic heterocycles. The fourth-order valence-corrected chi connectivity index (χ4v) is 2.28. The Labute approximate surface area is 107 Å². The van der Waals surface area contributed by atoms with Crippen molar-refractivity contribution in [1.29, 1.82) is 0 Å². The highest BCUT2D eigenvalue weighted by Crippen LogP contribution is 2.24. The van der Waals surface area contributed by atoms with Crippen LogP contribution in [-0.4, -0.2) is 42.1 Å². The topological polar surface area (TPSA) is 45.4 Å². The first kappa shape index (κ1) is 12.5. The summed E-state index contributed by atoms with van der Waals surface area (Å²) in [6, 6.07) is 4.14. The maximum absolute atomic E-state index is 5.94. The molecule has 0 radical (unpaired) electrons. The SMILES string of the molecule is CC(C)N1CCN(c2nc(Cl)ccc2N)CC1. The lowest BCUT2D eigenvalue weighted by atomic mass is 10.2. The van der Waals surface area contributed by atoms with E-state index in [1.165, 1.54) is 0 Å². The third-order valence-corrected chi connectivity index (χ3v) is 3.43. The fraction of sp³-hybridized carbons (Fsp3) is 0.583. The molecule has 1 saturated heterocycles. The summed E-state index contributed by atoms with van der Waals surface area (Å²) in [6.07, 6.45) is 0. The number of nitrogens with two attached hydrogens (primary N) is 1. The number of hydrogen-bond acceptors (Lipinski definition) is 4. The summed E-state index contributed by atoms with van der Waals surface area (Å²) in [5, 5.41) is 0.500. The fourth-order valence-electron chi connectivity index (χ4n) is 2.14. The van der Waals surface area contributed by atoms with E-state index in [0.717, 1.165) is 32.0 Å². The predicted molar refractivity (Wildman–Crippen MR) is 72.6 cm³/mol. The van der Waals surface area contributed by atoms with Gasteiger partial charge in [0.05, 0.1) is 5.69 Å². The van der Waals surface area contributed by atoms with Crippen LogP contribution in [0.15, 0.2) is 12.1 Å². The van der Waals surface area contributed by atoms with Crippen molar-refractivity contribution in [2.75, 3.05) is 36.8 Å². The quantitative estimate of drug-likeness (QED) is 0.819. The molecule has 0 aromatic carbocycles. The van der Waals surface area contributed by atoms with Crippen LogP contribution in [-0.2, 0) is 0 Å². The molecule has 2 N–H and O–H groups in total. The van der Waals surface area contributed by atoms with Crippen molar-refractivity contribution in [3.05, 3.63) is 17.3 Å². The Kier molecular flexibility index (Phi) is 3.74. The van der Waals surface area contributed by atoms with Gasteiger partial charge in [-0.3, -0.25) is 4.90 Å².